The number of hydrogen-bond acceptors (Lipinski definition) is 3. The van der Waals surface area contributed by atoms with Gasteiger partial charge in [-0.15, -0.1) is 0 Å². The maximum atomic E-state index is 11.7. The van der Waals surface area contributed by atoms with E-state index in [0.29, 0.717) is 6.67 Å². The van der Waals surface area contributed by atoms with Crippen LogP contribution >= 0.6 is 0 Å². The van der Waals surface area contributed by atoms with Gasteiger partial charge in [-0.1, -0.05) is 42.5 Å². The van der Waals surface area contributed by atoms with E-state index in [2.05, 4.69) is 17.0 Å². The Morgan fingerprint density at radius 2 is 1.53 bits per heavy atom. The Balaban J connectivity index is 1.87. The van der Waals surface area contributed by atoms with Crippen molar-refractivity contribution in [1.29, 1.82) is 0 Å². The fraction of sp³-hybridized carbons (Fsp3) is 0.143. The largest absolute Gasteiger partial charge is 0.757 e. The Labute approximate surface area is 100 Å². The van der Waals surface area contributed by atoms with Gasteiger partial charge in [-0.25, -0.2) is 0 Å². The zero-order valence-electron chi connectivity index (χ0n) is 9.41. The molecule has 3 nitrogen and oxygen atoms in total. The summed E-state index contributed by atoms with van der Waals surface area (Å²) in [5, 5.41) is 12.8. The molecule has 0 unspecified atom stereocenters. The Morgan fingerprint density at radius 1 is 0.882 bits per heavy atom. The summed E-state index contributed by atoms with van der Waals surface area (Å²) in [5.74, 6) is 0. The zero-order chi connectivity index (χ0) is 11.7. The number of fused-ring (bicyclic) bond motifs is 1. The topological polar surface area (TPSA) is 29.5 Å². The zero-order valence-corrected chi connectivity index (χ0v) is 9.41. The molecule has 86 valence electrons. The van der Waals surface area contributed by atoms with Crippen LogP contribution in [0.3, 0.4) is 0 Å². The van der Waals surface area contributed by atoms with E-state index in [1.807, 2.05) is 42.5 Å². The van der Waals surface area contributed by atoms with E-state index in [-0.39, 0.29) is 0 Å². The van der Waals surface area contributed by atoms with E-state index in [0.717, 1.165) is 23.0 Å². The quantitative estimate of drug-likeness (QED) is 0.787. The third-order valence-corrected chi connectivity index (χ3v) is 3.01. The SMILES string of the molecule is [O-]N1CN(Cc2ccccc2)c2ccccc21. The molecule has 3 rings (SSSR count). The van der Waals surface area contributed by atoms with E-state index in [9.17, 15) is 5.21 Å². The minimum absolute atomic E-state index is 0.411. The molecule has 0 saturated carbocycles. The lowest BCUT2D eigenvalue weighted by atomic mass is 10.2. The highest BCUT2D eigenvalue weighted by atomic mass is 16.5. The maximum Gasteiger partial charge on any atom is 0.0805 e. The first-order valence-electron chi connectivity index (χ1n) is 5.67. The summed E-state index contributed by atoms with van der Waals surface area (Å²) in [5.41, 5.74) is 3.01. The molecule has 2 aromatic carbocycles. The van der Waals surface area contributed by atoms with Crippen LogP contribution in [0, 0.1) is 5.21 Å². The van der Waals surface area contributed by atoms with Gasteiger partial charge in [-0.2, -0.15) is 0 Å². The highest BCUT2D eigenvalue weighted by Gasteiger charge is 2.19. The summed E-state index contributed by atoms with van der Waals surface area (Å²) in [6, 6.07) is 17.9. The lowest BCUT2D eigenvalue weighted by Crippen LogP contribution is -2.26. The molecule has 0 fully saturated rings. The number of rotatable bonds is 2. The third-order valence-electron chi connectivity index (χ3n) is 3.01. The van der Waals surface area contributed by atoms with Crippen LogP contribution in [0.1, 0.15) is 5.56 Å². The second kappa shape index (κ2) is 4.11. The molecular weight excluding hydrogens is 212 g/mol. The van der Waals surface area contributed by atoms with Crippen LogP contribution in [0.4, 0.5) is 11.4 Å². The minimum atomic E-state index is 0.411. The lowest BCUT2D eigenvalue weighted by molar-refractivity contribution is 0.832. The summed E-state index contributed by atoms with van der Waals surface area (Å²) in [4.78, 5) is 2.09. The van der Waals surface area contributed by atoms with Crippen LogP contribution < -0.4 is 9.96 Å². The van der Waals surface area contributed by atoms with Crippen molar-refractivity contribution in [2.24, 2.45) is 0 Å². The van der Waals surface area contributed by atoms with Gasteiger partial charge in [-0.05, 0) is 17.7 Å². The first kappa shape index (κ1) is 10.2. The molecule has 3 heteroatoms. The van der Waals surface area contributed by atoms with E-state index < -0.39 is 0 Å². The molecular formula is C14H13N2O-. The van der Waals surface area contributed by atoms with Gasteiger partial charge < -0.3 is 15.2 Å². The molecule has 1 aliphatic heterocycles. The van der Waals surface area contributed by atoms with Crippen molar-refractivity contribution in [2.75, 3.05) is 16.6 Å². The Kier molecular flexibility index (Phi) is 2.46. The van der Waals surface area contributed by atoms with E-state index in [1.54, 1.807) is 0 Å². The van der Waals surface area contributed by atoms with Gasteiger partial charge in [0, 0.05) is 6.54 Å². The molecule has 0 bridgehead atoms. The average Bonchev–Trinajstić information content (AvgIpc) is 2.69. The normalized spacial score (nSPS) is 13.9. The standard InChI is InChI=1S/C14H13N2O/c17-16-11-15(10-12-6-2-1-3-7-12)13-8-4-5-9-14(13)16/h1-9H,10-11H2/q-1. The fourth-order valence-electron chi connectivity index (χ4n) is 2.19. The van der Waals surface area contributed by atoms with Crippen molar-refractivity contribution in [1.82, 2.24) is 0 Å². The van der Waals surface area contributed by atoms with Gasteiger partial charge in [0.05, 0.1) is 18.0 Å². The van der Waals surface area contributed by atoms with Gasteiger partial charge >= 0.3 is 0 Å². The molecule has 0 aromatic heterocycles. The summed E-state index contributed by atoms with van der Waals surface area (Å²) in [7, 11) is 0. The molecule has 17 heavy (non-hydrogen) atoms. The van der Waals surface area contributed by atoms with Crippen LogP contribution in [0.2, 0.25) is 0 Å². The number of hydrogen-bond donors (Lipinski definition) is 0. The second-order valence-electron chi connectivity index (χ2n) is 4.19. The van der Waals surface area contributed by atoms with E-state index in [4.69, 9.17) is 0 Å². The van der Waals surface area contributed by atoms with Crippen LogP contribution in [-0.2, 0) is 6.54 Å². The summed E-state index contributed by atoms with van der Waals surface area (Å²) >= 11 is 0. The molecule has 2 aromatic rings. The molecule has 0 amide bonds. The highest BCUT2D eigenvalue weighted by Crippen LogP contribution is 2.35. The highest BCUT2D eigenvalue weighted by molar-refractivity contribution is 5.76. The van der Waals surface area contributed by atoms with Crippen molar-refractivity contribution in [3.63, 3.8) is 0 Å². The molecule has 0 saturated heterocycles. The molecule has 0 atom stereocenters. The molecule has 1 heterocycles. The van der Waals surface area contributed by atoms with Gasteiger partial charge in [0.1, 0.15) is 0 Å². The Hall–Kier alpha value is -2.00. The maximum absolute atomic E-state index is 11.7. The van der Waals surface area contributed by atoms with Crippen LogP contribution in [0.15, 0.2) is 54.6 Å². The molecule has 0 N–H and O–H groups in total. The van der Waals surface area contributed by atoms with Crippen LogP contribution in [0.5, 0.6) is 0 Å². The number of anilines is 2. The summed E-state index contributed by atoms with van der Waals surface area (Å²) in [6.45, 7) is 1.19. The predicted octanol–water partition coefficient (Wildman–Crippen LogP) is 2.97. The number of para-hydroxylation sites is 2. The fourth-order valence-corrected chi connectivity index (χ4v) is 2.19. The summed E-state index contributed by atoms with van der Waals surface area (Å²) < 4.78 is 0. The van der Waals surface area contributed by atoms with Crippen LogP contribution in [0.25, 0.3) is 0 Å². The second-order valence-corrected chi connectivity index (χ2v) is 4.19. The smallest absolute Gasteiger partial charge is 0.0805 e. The first-order valence-corrected chi connectivity index (χ1v) is 5.67. The number of benzene rings is 2. The number of nitrogens with zero attached hydrogens (tertiary/aromatic N) is 2. The predicted molar refractivity (Wildman–Crippen MR) is 69.8 cm³/mol. The monoisotopic (exact) mass is 225 g/mol. The van der Waals surface area contributed by atoms with Crippen LogP contribution in [-0.4, -0.2) is 6.67 Å². The van der Waals surface area contributed by atoms with Crippen molar-refractivity contribution >= 4 is 11.4 Å². The van der Waals surface area contributed by atoms with Gasteiger partial charge in [0.2, 0.25) is 0 Å². The third kappa shape index (κ3) is 1.85. The van der Waals surface area contributed by atoms with Gasteiger partial charge in [-0.3, -0.25) is 0 Å². The minimum Gasteiger partial charge on any atom is -0.757 e. The van der Waals surface area contributed by atoms with Gasteiger partial charge in [0.25, 0.3) is 0 Å². The summed E-state index contributed by atoms with van der Waals surface area (Å²) in [6.07, 6.45) is 0. The Morgan fingerprint density at radius 3 is 2.29 bits per heavy atom. The van der Waals surface area contributed by atoms with E-state index in [1.165, 1.54) is 5.56 Å². The lowest BCUT2D eigenvalue weighted by Gasteiger charge is -2.26. The molecule has 0 radical (unpaired) electrons. The molecule has 1 aliphatic rings. The molecule has 0 aliphatic carbocycles. The number of hydroxylamine groups is 1. The first-order chi connectivity index (χ1) is 8.34. The average molecular weight is 225 g/mol. The van der Waals surface area contributed by atoms with Crippen molar-refractivity contribution < 1.29 is 0 Å². The van der Waals surface area contributed by atoms with Crippen molar-refractivity contribution in [3.8, 4) is 0 Å². The van der Waals surface area contributed by atoms with Crippen molar-refractivity contribution in [3.05, 3.63) is 65.4 Å². The van der Waals surface area contributed by atoms with Crippen molar-refractivity contribution in [2.45, 2.75) is 6.54 Å². The van der Waals surface area contributed by atoms with Gasteiger partial charge in [0.15, 0.2) is 0 Å². The Bertz CT molecular complexity index is 513. The molecule has 0 spiro atoms. The van der Waals surface area contributed by atoms with E-state index >= 15 is 0 Å².